The topological polar surface area (TPSA) is 57.6 Å². The zero-order valence-corrected chi connectivity index (χ0v) is 13.0. The van der Waals surface area contributed by atoms with Gasteiger partial charge in [-0.05, 0) is 50.2 Å². The number of fused-ring (bicyclic) bond motifs is 1. The molecule has 0 spiro atoms. The van der Waals surface area contributed by atoms with Crippen LogP contribution in [0.4, 0.5) is 0 Å². The van der Waals surface area contributed by atoms with Gasteiger partial charge < -0.3 is 10.0 Å². The molecule has 1 N–H and O–H groups in total. The molecule has 2 aliphatic rings. The van der Waals surface area contributed by atoms with Gasteiger partial charge in [0.1, 0.15) is 0 Å². The van der Waals surface area contributed by atoms with E-state index in [1.807, 2.05) is 17.0 Å². The minimum absolute atomic E-state index is 0.170. The molecule has 0 aromatic heterocycles. The highest BCUT2D eigenvalue weighted by molar-refractivity contribution is 5.89. The second-order valence-electron chi connectivity index (χ2n) is 6.75. The summed E-state index contributed by atoms with van der Waals surface area (Å²) >= 11 is 0. The van der Waals surface area contributed by atoms with E-state index in [0.29, 0.717) is 25.9 Å². The van der Waals surface area contributed by atoms with Gasteiger partial charge in [-0.15, -0.1) is 0 Å². The number of amides is 1. The maximum Gasteiger partial charge on any atom is 0.306 e. The summed E-state index contributed by atoms with van der Waals surface area (Å²) < 4.78 is 0. The molecule has 4 heteroatoms. The normalized spacial score (nSPS) is 25.6. The number of carbonyl (C=O) groups is 2. The van der Waals surface area contributed by atoms with Crippen LogP contribution in [0, 0.1) is 5.92 Å². The maximum atomic E-state index is 13.1. The third-order valence-corrected chi connectivity index (χ3v) is 5.34. The van der Waals surface area contributed by atoms with Gasteiger partial charge in [-0.2, -0.15) is 0 Å². The fourth-order valence-electron chi connectivity index (χ4n) is 3.94. The molecule has 1 heterocycles. The SMILES string of the molecule is CC1(C(=O)N2CCC(C(=O)O)CC2)CCCc2ccccc21. The molecular weight excluding hydrogens is 278 g/mol. The molecule has 4 nitrogen and oxygen atoms in total. The first-order chi connectivity index (χ1) is 10.5. The van der Waals surface area contributed by atoms with Crippen LogP contribution in [-0.4, -0.2) is 35.0 Å². The molecule has 1 aliphatic heterocycles. The predicted octanol–water partition coefficient (Wildman–Crippen LogP) is 2.60. The maximum absolute atomic E-state index is 13.1. The molecule has 0 radical (unpaired) electrons. The summed E-state index contributed by atoms with van der Waals surface area (Å²) in [6.45, 7) is 3.18. The summed E-state index contributed by atoms with van der Waals surface area (Å²) in [4.78, 5) is 26.0. The zero-order chi connectivity index (χ0) is 15.7. The Labute approximate surface area is 131 Å². The predicted molar refractivity (Wildman–Crippen MR) is 83.7 cm³/mol. The Morgan fingerprint density at radius 1 is 1.23 bits per heavy atom. The Kier molecular flexibility index (Phi) is 3.94. The highest BCUT2D eigenvalue weighted by Crippen LogP contribution is 2.39. The lowest BCUT2D eigenvalue weighted by Gasteiger charge is -2.40. The van der Waals surface area contributed by atoms with E-state index in [0.717, 1.165) is 24.8 Å². The second-order valence-corrected chi connectivity index (χ2v) is 6.75. The second kappa shape index (κ2) is 5.75. The monoisotopic (exact) mass is 301 g/mol. The molecule has 1 aliphatic carbocycles. The molecule has 1 atom stereocenters. The number of aliphatic carboxylic acids is 1. The van der Waals surface area contributed by atoms with Gasteiger partial charge in [0.2, 0.25) is 5.91 Å². The standard InChI is InChI=1S/C18H23NO3/c1-18(10-4-6-13-5-2-3-7-15(13)18)17(22)19-11-8-14(9-12-19)16(20)21/h2-3,5,7,14H,4,6,8-12H2,1H3,(H,20,21). The summed E-state index contributed by atoms with van der Waals surface area (Å²) in [5.74, 6) is -0.861. The average Bonchev–Trinajstić information content (AvgIpc) is 2.55. The number of piperidine rings is 1. The number of hydrogen-bond donors (Lipinski definition) is 1. The lowest BCUT2D eigenvalue weighted by molar-refractivity contribution is -0.147. The van der Waals surface area contributed by atoms with E-state index in [4.69, 9.17) is 5.11 Å². The van der Waals surface area contributed by atoms with Crippen molar-refractivity contribution in [2.24, 2.45) is 5.92 Å². The first-order valence-electron chi connectivity index (χ1n) is 8.13. The van der Waals surface area contributed by atoms with Crippen LogP contribution in [0.1, 0.15) is 43.7 Å². The van der Waals surface area contributed by atoms with Gasteiger partial charge in [0.05, 0.1) is 11.3 Å². The summed E-state index contributed by atoms with van der Waals surface area (Å²) in [6, 6.07) is 8.24. The van der Waals surface area contributed by atoms with Crippen molar-refractivity contribution in [1.82, 2.24) is 4.90 Å². The molecule has 118 valence electrons. The summed E-state index contributed by atoms with van der Waals surface area (Å²) in [6.07, 6.45) is 4.09. The Bertz CT molecular complexity index is 590. The number of likely N-dealkylation sites (tertiary alicyclic amines) is 1. The Morgan fingerprint density at radius 2 is 1.91 bits per heavy atom. The third-order valence-electron chi connectivity index (χ3n) is 5.34. The van der Waals surface area contributed by atoms with Crippen molar-refractivity contribution in [3.8, 4) is 0 Å². The molecule has 1 unspecified atom stereocenters. The van der Waals surface area contributed by atoms with Crippen molar-refractivity contribution < 1.29 is 14.7 Å². The molecule has 1 saturated heterocycles. The average molecular weight is 301 g/mol. The fraction of sp³-hybridized carbons (Fsp3) is 0.556. The molecular formula is C18H23NO3. The first kappa shape index (κ1) is 15.1. The van der Waals surface area contributed by atoms with E-state index in [1.54, 1.807) is 0 Å². The molecule has 1 fully saturated rings. The number of carboxylic acids is 1. The highest BCUT2D eigenvalue weighted by Gasteiger charge is 2.42. The number of benzene rings is 1. The minimum Gasteiger partial charge on any atom is -0.481 e. The quantitative estimate of drug-likeness (QED) is 0.913. The van der Waals surface area contributed by atoms with E-state index < -0.39 is 11.4 Å². The summed E-state index contributed by atoms with van der Waals surface area (Å²) in [5, 5.41) is 9.09. The lowest BCUT2D eigenvalue weighted by atomic mass is 9.70. The van der Waals surface area contributed by atoms with Crippen molar-refractivity contribution in [2.45, 2.75) is 44.4 Å². The Balaban J connectivity index is 1.80. The minimum atomic E-state index is -0.735. The van der Waals surface area contributed by atoms with Crippen molar-refractivity contribution >= 4 is 11.9 Å². The number of hydrogen-bond acceptors (Lipinski definition) is 2. The summed E-state index contributed by atoms with van der Waals surface area (Å²) in [5.41, 5.74) is 1.99. The van der Waals surface area contributed by atoms with Gasteiger partial charge in [0, 0.05) is 13.1 Å². The van der Waals surface area contributed by atoms with Gasteiger partial charge in [-0.1, -0.05) is 24.3 Å². The van der Waals surface area contributed by atoms with Crippen LogP contribution in [0.25, 0.3) is 0 Å². The Hall–Kier alpha value is -1.84. The molecule has 1 aromatic rings. The van der Waals surface area contributed by atoms with Crippen LogP contribution in [0.3, 0.4) is 0 Å². The molecule has 1 amide bonds. The van der Waals surface area contributed by atoms with Gasteiger partial charge in [-0.3, -0.25) is 9.59 Å². The van der Waals surface area contributed by atoms with Crippen LogP contribution in [0.5, 0.6) is 0 Å². The lowest BCUT2D eigenvalue weighted by Crippen LogP contribution is -2.50. The van der Waals surface area contributed by atoms with Gasteiger partial charge >= 0.3 is 5.97 Å². The molecule has 22 heavy (non-hydrogen) atoms. The number of rotatable bonds is 2. The van der Waals surface area contributed by atoms with Crippen LogP contribution in [0.15, 0.2) is 24.3 Å². The van der Waals surface area contributed by atoms with Crippen LogP contribution < -0.4 is 0 Å². The van der Waals surface area contributed by atoms with E-state index in [1.165, 1.54) is 5.56 Å². The van der Waals surface area contributed by atoms with E-state index in [-0.39, 0.29) is 11.8 Å². The first-order valence-corrected chi connectivity index (χ1v) is 8.13. The van der Waals surface area contributed by atoms with Crippen molar-refractivity contribution in [1.29, 1.82) is 0 Å². The number of carbonyl (C=O) groups excluding carboxylic acids is 1. The zero-order valence-electron chi connectivity index (χ0n) is 13.0. The number of carboxylic acid groups (broad SMARTS) is 1. The van der Waals surface area contributed by atoms with Crippen LogP contribution in [-0.2, 0) is 21.4 Å². The highest BCUT2D eigenvalue weighted by atomic mass is 16.4. The van der Waals surface area contributed by atoms with Crippen molar-refractivity contribution in [2.75, 3.05) is 13.1 Å². The smallest absolute Gasteiger partial charge is 0.306 e. The van der Waals surface area contributed by atoms with Gasteiger partial charge in [-0.25, -0.2) is 0 Å². The van der Waals surface area contributed by atoms with Crippen molar-refractivity contribution in [3.05, 3.63) is 35.4 Å². The van der Waals surface area contributed by atoms with Crippen LogP contribution >= 0.6 is 0 Å². The van der Waals surface area contributed by atoms with Gasteiger partial charge in [0.15, 0.2) is 0 Å². The largest absolute Gasteiger partial charge is 0.481 e. The van der Waals surface area contributed by atoms with E-state index >= 15 is 0 Å². The van der Waals surface area contributed by atoms with E-state index in [9.17, 15) is 9.59 Å². The number of nitrogens with zero attached hydrogens (tertiary/aromatic N) is 1. The molecule has 0 bridgehead atoms. The summed E-state index contributed by atoms with van der Waals surface area (Å²) in [7, 11) is 0. The fourth-order valence-corrected chi connectivity index (χ4v) is 3.94. The number of aryl methyl sites for hydroxylation is 1. The Morgan fingerprint density at radius 3 is 2.59 bits per heavy atom. The van der Waals surface area contributed by atoms with Crippen molar-refractivity contribution in [3.63, 3.8) is 0 Å². The third kappa shape index (κ3) is 2.51. The van der Waals surface area contributed by atoms with E-state index in [2.05, 4.69) is 19.1 Å². The molecule has 1 aromatic carbocycles. The van der Waals surface area contributed by atoms with Crippen LogP contribution in [0.2, 0.25) is 0 Å². The molecule has 0 saturated carbocycles. The molecule has 3 rings (SSSR count). The van der Waals surface area contributed by atoms with Gasteiger partial charge in [0.25, 0.3) is 0 Å².